The molecule has 1 unspecified atom stereocenters. The van der Waals surface area contributed by atoms with Gasteiger partial charge in [-0.2, -0.15) is 5.10 Å². The zero-order valence-corrected chi connectivity index (χ0v) is 12.3. The van der Waals surface area contributed by atoms with E-state index in [1.165, 1.54) is 6.33 Å². The number of amides is 1. The van der Waals surface area contributed by atoms with E-state index in [-0.39, 0.29) is 18.1 Å². The number of para-hydroxylation sites is 1. The van der Waals surface area contributed by atoms with E-state index in [1.807, 2.05) is 33.8 Å². The summed E-state index contributed by atoms with van der Waals surface area (Å²) in [4.78, 5) is 18.6. The maximum atomic E-state index is 12.8. The zero-order valence-electron chi connectivity index (χ0n) is 12.3. The number of nitrogens with zero attached hydrogens (tertiary/aromatic N) is 4. The molecule has 22 heavy (non-hydrogen) atoms. The lowest BCUT2D eigenvalue weighted by atomic mass is 10.1. The maximum Gasteiger partial charge on any atom is 0.257 e. The van der Waals surface area contributed by atoms with E-state index < -0.39 is 0 Å². The highest BCUT2D eigenvalue weighted by Gasteiger charge is 2.31. The number of likely N-dealkylation sites (tertiary alicyclic amines) is 1. The number of hydrogen-bond donors (Lipinski definition) is 0. The van der Waals surface area contributed by atoms with Crippen LogP contribution in [0.2, 0.25) is 0 Å². The van der Waals surface area contributed by atoms with Gasteiger partial charge in [0, 0.05) is 13.1 Å². The first-order valence-electron chi connectivity index (χ1n) is 7.70. The number of hydrogen-bond acceptors (Lipinski definition) is 4. The lowest BCUT2D eigenvalue weighted by Crippen LogP contribution is -2.29. The maximum absolute atomic E-state index is 12.8. The molecule has 0 spiro atoms. The molecule has 1 saturated carbocycles. The SMILES string of the molecule is O=C(c1ccccc1OC1CC1)N1CCC(n2cncn2)C1. The minimum Gasteiger partial charge on any atom is -0.490 e. The summed E-state index contributed by atoms with van der Waals surface area (Å²) in [5.41, 5.74) is 0.661. The average Bonchev–Trinajstić information content (AvgIpc) is 3.05. The van der Waals surface area contributed by atoms with Crippen molar-refractivity contribution in [3.63, 3.8) is 0 Å². The second kappa shape index (κ2) is 5.44. The minimum atomic E-state index is 0.0406. The second-order valence-electron chi connectivity index (χ2n) is 5.88. The van der Waals surface area contributed by atoms with Gasteiger partial charge in [0.15, 0.2) is 0 Å². The van der Waals surface area contributed by atoms with Crippen LogP contribution in [0.1, 0.15) is 35.7 Å². The Bertz CT molecular complexity index is 667. The van der Waals surface area contributed by atoms with E-state index in [0.29, 0.717) is 17.9 Å². The number of carbonyl (C=O) groups excluding carboxylic acids is 1. The van der Waals surface area contributed by atoms with Gasteiger partial charge in [-0.05, 0) is 31.4 Å². The van der Waals surface area contributed by atoms with Gasteiger partial charge in [0.25, 0.3) is 5.91 Å². The molecule has 1 aliphatic heterocycles. The predicted octanol–water partition coefficient (Wildman–Crippen LogP) is 1.91. The van der Waals surface area contributed by atoms with Crippen LogP contribution in [0.25, 0.3) is 0 Å². The van der Waals surface area contributed by atoms with Crippen molar-refractivity contribution in [2.24, 2.45) is 0 Å². The molecule has 1 aromatic heterocycles. The third kappa shape index (κ3) is 2.56. The Hall–Kier alpha value is -2.37. The number of rotatable bonds is 4. The van der Waals surface area contributed by atoms with E-state index in [2.05, 4.69) is 10.1 Å². The fourth-order valence-electron chi connectivity index (χ4n) is 2.83. The van der Waals surface area contributed by atoms with Crippen LogP contribution in [0.4, 0.5) is 0 Å². The molecule has 1 aromatic carbocycles. The van der Waals surface area contributed by atoms with Gasteiger partial charge >= 0.3 is 0 Å². The first-order valence-corrected chi connectivity index (χ1v) is 7.70. The summed E-state index contributed by atoms with van der Waals surface area (Å²) in [6.45, 7) is 1.40. The van der Waals surface area contributed by atoms with Crippen LogP contribution in [-0.2, 0) is 0 Å². The van der Waals surface area contributed by atoms with Crippen molar-refractivity contribution in [1.29, 1.82) is 0 Å². The molecule has 1 amide bonds. The smallest absolute Gasteiger partial charge is 0.257 e. The molecule has 2 heterocycles. The number of carbonyl (C=O) groups is 1. The molecule has 0 radical (unpaired) electrons. The van der Waals surface area contributed by atoms with Crippen molar-refractivity contribution in [2.45, 2.75) is 31.4 Å². The lowest BCUT2D eigenvalue weighted by Gasteiger charge is -2.18. The molecular formula is C16H18N4O2. The van der Waals surface area contributed by atoms with Gasteiger partial charge in [-0.1, -0.05) is 12.1 Å². The summed E-state index contributed by atoms with van der Waals surface area (Å²) in [5, 5.41) is 4.17. The highest BCUT2D eigenvalue weighted by molar-refractivity contribution is 5.97. The van der Waals surface area contributed by atoms with Gasteiger partial charge in [0.05, 0.1) is 17.7 Å². The van der Waals surface area contributed by atoms with Crippen LogP contribution in [0.3, 0.4) is 0 Å². The number of aromatic nitrogens is 3. The predicted molar refractivity (Wildman–Crippen MR) is 79.7 cm³/mol. The van der Waals surface area contributed by atoms with Gasteiger partial charge < -0.3 is 9.64 Å². The van der Waals surface area contributed by atoms with Crippen LogP contribution in [0.15, 0.2) is 36.9 Å². The molecule has 4 rings (SSSR count). The molecule has 1 saturated heterocycles. The average molecular weight is 298 g/mol. The molecule has 1 aliphatic carbocycles. The van der Waals surface area contributed by atoms with Crippen LogP contribution < -0.4 is 4.74 Å². The molecule has 2 aliphatic rings. The molecular weight excluding hydrogens is 280 g/mol. The molecule has 1 atom stereocenters. The fraction of sp³-hybridized carbons (Fsp3) is 0.438. The van der Waals surface area contributed by atoms with Gasteiger partial charge in [-0.15, -0.1) is 0 Å². The Balaban J connectivity index is 1.50. The molecule has 0 bridgehead atoms. The summed E-state index contributed by atoms with van der Waals surface area (Å²) in [6.07, 6.45) is 6.60. The van der Waals surface area contributed by atoms with Gasteiger partial charge in [0.1, 0.15) is 18.4 Å². The van der Waals surface area contributed by atoms with Gasteiger partial charge in [0.2, 0.25) is 0 Å². The number of ether oxygens (including phenoxy) is 1. The van der Waals surface area contributed by atoms with E-state index in [0.717, 1.165) is 25.8 Å². The molecule has 0 N–H and O–H groups in total. The van der Waals surface area contributed by atoms with Gasteiger partial charge in [-0.25, -0.2) is 9.67 Å². The van der Waals surface area contributed by atoms with Crippen LogP contribution in [-0.4, -0.2) is 44.8 Å². The fourth-order valence-corrected chi connectivity index (χ4v) is 2.83. The standard InChI is InChI=1S/C16H18N4O2/c21-16(14-3-1-2-4-15(14)22-13-5-6-13)19-8-7-12(9-19)20-11-17-10-18-20/h1-4,10-13H,5-9H2. The summed E-state index contributed by atoms with van der Waals surface area (Å²) < 4.78 is 7.69. The highest BCUT2D eigenvalue weighted by atomic mass is 16.5. The van der Waals surface area contributed by atoms with Crippen molar-refractivity contribution in [1.82, 2.24) is 19.7 Å². The Kier molecular flexibility index (Phi) is 3.29. The van der Waals surface area contributed by atoms with E-state index >= 15 is 0 Å². The zero-order chi connectivity index (χ0) is 14.9. The number of benzene rings is 1. The van der Waals surface area contributed by atoms with Crippen LogP contribution in [0.5, 0.6) is 5.75 Å². The Morgan fingerprint density at radius 3 is 2.86 bits per heavy atom. The lowest BCUT2D eigenvalue weighted by molar-refractivity contribution is 0.0782. The van der Waals surface area contributed by atoms with Gasteiger partial charge in [-0.3, -0.25) is 4.79 Å². The Morgan fingerprint density at radius 2 is 2.09 bits per heavy atom. The molecule has 2 aromatic rings. The first kappa shape index (κ1) is 13.3. The van der Waals surface area contributed by atoms with E-state index in [9.17, 15) is 4.79 Å². The topological polar surface area (TPSA) is 60.2 Å². The third-order valence-electron chi connectivity index (χ3n) is 4.20. The third-order valence-corrected chi connectivity index (χ3v) is 4.20. The van der Waals surface area contributed by atoms with Crippen molar-refractivity contribution in [3.05, 3.63) is 42.5 Å². The van der Waals surface area contributed by atoms with Crippen molar-refractivity contribution in [3.8, 4) is 5.75 Å². The van der Waals surface area contributed by atoms with E-state index in [1.54, 1.807) is 6.33 Å². The molecule has 114 valence electrons. The highest BCUT2D eigenvalue weighted by Crippen LogP contribution is 2.31. The summed E-state index contributed by atoms with van der Waals surface area (Å²) in [5.74, 6) is 0.748. The van der Waals surface area contributed by atoms with Crippen LogP contribution in [0, 0.1) is 0 Å². The Labute approximate surface area is 128 Å². The first-order chi connectivity index (χ1) is 10.8. The van der Waals surface area contributed by atoms with E-state index in [4.69, 9.17) is 4.74 Å². The molecule has 2 fully saturated rings. The van der Waals surface area contributed by atoms with Crippen LogP contribution >= 0.6 is 0 Å². The second-order valence-corrected chi connectivity index (χ2v) is 5.88. The quantitative estimate of drug-likeness (QED) is 0.865. The van der Waals surface area contributed by atoms with Crippen molar-refractivity contribution >= 4 is 5.91 Å². The minimum absolute atomic E-state index is 0.0406. The summed E-state index contributed by atoms with van der Waals surface area (Å²) in [7, 11) is 0. The normalized spacial score (nSPS) is 21.1. The summed E-state index contributed by atoms with van der Waals surface area (Å²) in [6, 6.07) is 7.75. The largest absolute Gasteiger partial charge is 0.490 e. The molecule has 6 nitrogen and oxygen atoms in total. The molecule has 6 heteroatoms. The monoisotopic (exact) mass is 298 g/mol. The Morgan fingerprint density at radius 1 is 1.23 bits per heavy atom. The van der Waals surface area contributed by atoms with Crippen molar-refractivity contribution in [2.75, 3.05) is 13.1 Å². The summed E-state index contributed by atoms with van der Waals surface area (Å²) >= 11 is 0. The van der Waals surface area contributed by atoms with Crippen molar-refractivity contribution < 1.29 is 9.53 Å².